The zero-order valence-electron chi connectivity index (χ0n) is 12.7. The topological polar surface area (TPSA) is 85.8 Å². The highest BCUT2D eigenvalue weighted by Gasteiger charge is 2.21. The van der Waals surface area contributed by atoms with E-state index in [1.165, 1.54) is 6.33 Å². The molecule has 116 valence electrons. The van der Waals surface area contributed by atoms with E-state index in [1.54, 1.807) is 11.0 Å². The SMILES string of the molecule is Cc1cc(-n2cncn2)ccc1C(=O)NC1CCC(N)CC1. The number of hydrogen-bond donors (Lipinski definition) is 2. The van der Waals surface area contributed by atoms with Gasteiger partial charge in [0.1, 0.15) is 12.7 Å². The van der Waals surface area contributed by atoms with Crippen molar-refractivity contribution in [2.24, 2.45) is 5.73 Å². The van der Waals surface area contributed by atoms with E-state index < -0.39 is 0 Å². The number of carbonyl (C=O) groups excluding carboxylic acids is 1. The molecule has 1 aliphatic rings. The van der Waals surface area contributed by atoms with Crippen LogP contribution in [0.4, 0.5) is 0 Å². The first-order chi connectivity index (χ1) is 10.6. The van der Waals surface area contributed by atoms with E-state index in [0.29, 0.717) is 5.56 Å². The summed E-state index contributed by atoms with van der Waals surface area (Å²) in [5.41, 5.74) is 8.43. The number of hydrogen-bond acceptors (Lipinski definition) is 4. The standard InChI is InChI=1S/C16H21N5O/c1-11-8-14(21-10-18-9-19-21)6-7-15(11)16(22)20-13-4-2-12(17)3-5-13/h6-10,12-13H,2-5,17H2,1H3,(H,20,22). The van der Waals surface area contributed by atoms with Crippen LogP contribution < -0.4 is 11.1 Å². The van der Waals surface area contributed by atoms with Crippen molar-refractivity contribution in [2.45, 2.75) is 44.7 Å². The molecular weight excluding hydrogens is 278 g/mol. The summed E-state index contributed by atoms with van der Waals surface area (Å²) >= 11 is 0. The Kier molecular flexibility index (Phi) is 4.20. The number of nitrogens with one attached hydrogen (secondary N) is 1. The van der Waals surface area contributed by atoms with Crippen LogP contribution in [-0.2, 0) is 0 Å². The Morgan fingerprint density at radius 3 is 2.73 bits per heavy atom. The third-order valence-electron chi connectivity index (χ3n) is 4.24. The summed E-state index contributed by atoms with van der Waals surface area (Å²) in [6, 6.07) is 6.20. The Bertz CT molecular complexity index is 645. The summed E-state index contributed by atoms with van der Waals surface area (Å²) in [4.78, 5) is 16.4. The van der Waals surface area contributed by atoms with Crippen LogP contribution in [0.1, 0.15) is 41.6 Å². The van der Waals surface area contributed by atoms with Gasteiger partial charge in [-0.05, 0) is 56.4 Å². The predicted molar refractivity (Wildman–Crippen MR) is 83.8 cm³/mol. The highest BCUT2D eigenvalue weighted by molar-refractivity contribution is 5.96. The fraction of sp³-hybridized carbons (Fsp3) is 0.438. The van der Waals surface area contributed by atoms with Crippen LogP contribution in [0.5, 0.6) is 0 Å². The van der Waals surface area contributed by atoms with Crippen LogP contribution in [0, 0.1) is 6.92 Å². The molecule has 1 aliphatic carbocycles. The van der Waals surface area contributed by atoms with Gasteiger partial charge in [-0.25, -0.2) is 9.67 Å². The Balaban J connectivity index is 1.70. The lowest BCUT2D eigenvalue weighted by atomic mass is 9.91. The Labute approximate surface area is 129 Å². The van der Waals surface area contributed by atoms with Gasteiger partial charge in [0.05, 0.1) is 5.69 Å². The predicted octanol–water partition coefficient (Wildman–Crippen LogP) is 1.58. The molecule has 22 heavy (non-hydrogen) atoms. The molecule has 0 aliphatic heterocycles. The van der Waals surface area contributed by atoms with Crippen molar-refractivity contribution in [2.75, 3.05) is 0 Å². The number of amides is 1. The van der Waals surface area contributed by atoms with E-state index in [9.17, 15) is 4.79 Å². The monoisotopic (exact) mass is 299 g/mol. The van der Waals surface area contributed by atoms with Crippen LogP contribution in [-0.4, -0.2) is 32.8 Å². The zero-order valence-corrected chi connectivity index (χ0v) is 12.7. The number of nitrogens with two attached hydrogens (primary N) is 1. The first-order valence-electron chi connectivity index (χ1n) is 7.65. The summed E-state index contributed by atoms with van der Waals surface area (Å²) in [7, 11) is 0. The van der Waals surface area contributed by atoms with Crippen molar-refractivity contribution in [3.8, 4) is 5.69 Å². The molecule has 1 fully saturated rings. The summed E-state index contributed by atoms with van der Waals surface area (Å²) in [5, 5.41) is 7.22. The summed E-state index contributed by atoms with van der Waals surface area (Å²) in [6.45, 7) is 1.94. The highest BCUT2D eigenvalue weighted by Crippen LogP contribution is 2.19. The van der Waals surface area contributed by atoms with E-state index in [0.717, 1.165) is 36.9 Å². The van der Waals surface area contributed by atoms with E-state index in [2.05, 4.69) is 15.4 Å². The number of rotatable bonds is 3. The fourth-order valence-electron chi connectivity index (χ4n) is 2.91. The van der Waals surface area contributed by atoms with Crippen LogP contribution in [0.2, 0.25) is 0 Å². The molecule has 0 radical (unpaired) electrons. The van der Waals surface area contributed by atoms with Gasteiger partial charge in [0.25, 0.3) is 5.91 Å². The second-order valence-corrected chi connectivity index (χ2v) is 5.92. The minimum atomic E-state index is -0.0110. The maximum atomic E-state index is 12.4. The zero-order chi connectivity index (χ0) is 15.5. The lowest BCUT2D eigenvalue weighted by molar-refractivity contribution is 0.0925. The molecule has 1 aromatic carbocycles. The number of aryl methyl sites for hydroxylation is 1. The molecule has 0 spiro atoms. The molecule has 1 amide bonds. The van der Waals surface area contributed by atoms with Gasteiger partial charge in [-0.3, -0.25) is 4.79 Å². The quantitative estimate of drug-likeness (QED) is 0.901. The second-order valence-electron chi connectivity index (χ2n) is 5.92. The second kappa shape index (κ2) is 6.27. The lowest BCUT2D eigenvalue weighted by Gasteiger charge is -2.27. The van der Waals surface area contributed by atoms with E-state index in [4.69, 9.17) is 5.73 Å². The van der Waals surface area contributed by atoms with Gasteiger partial charge in [-0.15, -0.1) is 0 Å². The molecule has 6 nitrogen and oxygen atoms in total. The van der Waals surface area contributed by atoms with E-state index >= 15 is 0 Å². The third-order valence-corrected chi connectivity index (χ3v) is 4.24. The maximum Gasteiger partial charge on any atom is 0.251 e. The summed E-state index contributed by atoms with van der Waals surface area (Å²) in [6.07, 6.45) is 7.01. The molecule has 1 heterocycles. The van der Waals surface area contributed by atoms with Crippen LogP contribution >= 0.6 is 0 Å². The average molecular weight is 299 g/mol. The smallest absolute Gasteiger partial charge is 0.251 e. The Hall–Kier alpha value is -2.21. The molecule has 3 N–H and O–H groups in total. The van der Waals surface area contributed by atoms with Crippen molar-refractivity contribution in [3.63, 3.8) is 0 Å². The minimum absolute atomic E-state index is 0.0110. The van der Waals surface area contributed by atoms with Gasteiger partial charge in [-0.2, -0.15) is 5.10 Å². The summed E-state index contributed by atoms with van der Waals surface area (Å²) < 4.78 is 1.68. The van der Waals surface area contributed by atoms with Crippen LogP contribution in [0.15, 0.2) is 30.9 Å². The van der Waals surface area contributed by atoms with Crippen molar-refractivity contribution in [3.05, 3.63) is 42.0 Å². The Morgan fingerprint density at radius 2 is 2.09 bits per heavy atom. The van der Waals surface area contributed by atoms with E-state index in [-0.39, 0.29) is 18.0 Å². The van der Waals surface area contributed by atoms with Gasteiger partial charge in [-0.1, -0.05) is 0 Å². The van der Waals surface area contributed by atoms with Crippen LogP contribution in [0.25, 0.3) is 5.69 Å². The molecule has 1 aromatic heterocycles. The number of benzene rings is 1. The lowest BCUT2D eigenvalue weighted by Crippen LogP contribution is -2.40. The average Bonchev–Trinajstić information content (AvgIpc) is 3.03. The number of aromatic nitrogens is 3. The van der Waals surface area contributed by atoms with Crippen molar-refractivity contribution in [1.29, 1.82) is 0 Å². The van der Waals surface area contributed by atoms with Gasteiger partial charge < -0.3 is 11.1 Å². The summed E-state index contributed by atoms with van der Waals surface area (Å²) in [5.74, 6) is -0.0110. The Morgan fingerprint density at radius 1 is 1.32 bits per heavy atom. The highest BCUT2D eigenvalue weighted by atomic mass is 16.1. The van der Waals surface area contributed by atoms with Crippen molar-refractivity contribution in [1.82, 2.24) is 20.1 Å². The minimum Gasteiger partial charge on any atom is -0.349 e. The van der Waals surface area contributed by atoms with Crippen molar-refractivity contribution >= 4 is 5.91 Å². The first-order valence-corrected chi connectivity index (χ1v) is 7.65. The molecule has 2 aromatic rings. The molecular formula is C16H21N5O. The molecule has 0 atom stereocenters. The van der Waals surface area contributed by atoms with Crippen molar-refractivity contribution < 1.29 is 4.79 Å². The molecule has 0 bridgehead atoms. The van der Waals surface area contributed by atoms with Gasteiger partial charge >= 0.3 is 0 Å². The van der Waals surface area contributed by atoms with Gasteiger partial charge in [0.15, 0.2) is 0 Å². The van der Waals surface area contributed by atoms with E-state index in [1.807, 2.05) is 25.1 Å². The maximum absolute atomic E-state index is 12.4. The molecule has 3 rings (SSSR count). The first kappa shape index (κ1) is 14.7. The molecule has 0 saturated heterocycles. The molecule has 0 unspecified atom stereocenters. The number of carbonyl (C=O) groups is 1. The van der Waals surface area contributed by atoms with Crippen LogP contribution in [0.3, 0.4) is 0 Å². The normalized spacial score (nSPS) is 21.5. The third kappa shape index (κ3) is 3.17. The fourth-order valence-corrected chi connectivity index (χ4v) is 2.91. The molecule has 1 saturated carbocycles. The largest absolute Gasteiger partial charge is 0.349 e. The van der Waals surface area contributed by atoms with Gasteiger partial charge in [0, 0.05) is 17.6 Å². The number of nitrogens with zero attached hydrogens (tertiary/aromatic N) is 3. The van der Waals surface area contributed by atoms with Gasteiger partial charge in [0.2, 0.25) is 0 Å². The molecule has 6 heteroatoms.